The molecule has 1 aromatic heterocycles. The Balaban J connectivity index is 1.66. The van der Waals surface area contributed by atoms with Crippen molar-refractivity contribution in [1.29, 1.82) is 0 Å². The lowest BCUT2D eigenvalue weighted by atomic mass is 10.2. The maximum Gasteiger partial charge on any atom is 0.380 e. The number of hydrogen-bond acceptors (Lipinski definition) is 10. The van der Waals surface area contributed by atoms with Crippen molar-refractivity contribution in [3.05, 3.63) is 53.1 Å². The maximum absolute atomic E-state index is 13.6. The summed E-state index contributed by atoms with van der Waals surface area (Å²) in [5.74, 6) is -0.215. The van der Waals surface area contributed by atoms with Crippen molar-refractivity contribution in [2.24, 2.45) is 5.92 Å². The van der Waals surface area contributed by atoms with Gasteiger partial charge in [0.1, 0.15) is 23.2 Å². The van der Waals surface area contributed by atoms with Crippen LogP contribution in [-0.4, -0.2) is 45.6 Å². The summed E-state index contributed by atoms with van der Waals surface area (Å²) in [4.78, 5) is 28.0. The fourth-order valence-electron chi connectivity index (χ4n) is 3.01. The van der Waals surface area contributed by atoms with E-state index in [4.69, 9.17) is 24.3 Å². The number of esters is 1. The molecule has 0 aliphatic carbocycles. The third-order valence-electron chi connectivity index (χ3n) is 4.54. The topological polar surface area (TPSA) is 132 Å². The van der Waals surface area contributed by atoms with Crippen LogP contribution >= 0.6 is 19.4 Å². The molecule has 1 saturated heterocycles. The van der Waals surface area contributed by atoms with Crippen LogP contribution in [0.5, 0.6) is 5.75 Å². The standard InChI is InChI=1S/C21H28N3O7PS/c1-14(2)29-20(25)15(3)12-32(27,31-16-7-5-4-6-8-16)28-11-19-30-18(13-33-19)24-10-9-17(22)23-21(24)26/h4-10,14-15,18-19H,11-13H2,1-3H3,(H2,22,23,26)/t15-,18+,19-,32-/m1/s1. The molecule has 10 nitrogen and oxygen atoms in total. The number of carbonyl (C=O) groups is 1. The van der Waals surface area contributed by atoms with Gasteiger partial charge in [-0.25, -0.2) is 9.36 Å². The molecule has 0 bridgehead atoms. The van der Waals surface area contributed by atoms with E-state index in [9.17, 15) is 14.2 Å². The average Bonchev–Trinajstić information content (AvgIpc) is 3.21. The van der Waals surface area contributed by atoms with E-state index in [2.05, 4.69) is 4.98 Å². The molecule has 2 aromatic rings. The van der Waals surface area contributed by atoms with E-state index in [1.165, 1.54) is 28.6 Å². The number of rotatable bonds is 10. The van der Waals surface area contributed by atoms with E-state index in [1.807, 2.05) is 0 Å². The first-order chi connectivity index (χ1) is 15.6. The van der Waals surface area contributed by atoms with Crippen molar-refractivity contribution in [3.63, 3.8) is 0 Å². The molecular weight excluding hydrogens is 469 g/mol. The number of thioether (sulfide) groups is 1. The van der Waals surface area contributed by atoms with Gasteiger partial charge in [-0.2, -0.15) is 4.98 Å². The van der Waals surface area contributed by atoms with E-state index >= 15 is 0 Å². The van der Waals surface area contributed by atoms with Gasteiger partial charge in [-0.1, -0.05) is 25.1 Å². The Kier molecular flexibility index (Phi) is 8.58. The quantitative estimate of drug-likeness (QED) is 0.385. The normalized spacial score (nSPS) is 20.8. The second-order valence-corrected chi connectivity index (χ2v) is 11.0. The van der Waals surface area contributed by atoms with Crippen LogP contribution < -0.4 is 15.9 Å². The maximum atomic E-state index is 13.6. The van der Waals surface area contributed by atoms with E-state index in [-0.39, 0.29) is 24.7 Å². The zero-order valence-electron chi connectivity index (χ0n) is 18.7. The number of nitrogens with zero attached hydrogens (tertiary/aromatic N) is 2. The highest BCUT2D eigenvalue weighted by molar-refractivity contribution is 8.00. The van der Waals surface area contributed by atoms with Crippen LogP contribution in [0.15, 0.2) is 47.4 Å². The van der Waals surface area contributed by atoms with Crippen LogP contribution in [0.4, 0.5) is 5.82 Å². The molecule has 33 heavy (non-hydrogen) atoms. The van der Waals surface area contributed by atoms with Gasteiger partial charge in [-0.15, -0.1) is 11.8 Å². The zero-order valence-corrected chi connectivity index (χ0v) is 20.4. The second-order valence-electron chi connectivity index (χ2n) is 7.78. The Hall–Kier alpha value is -2.33. The molecule has 0 spiro atoms. The summed E-state index contributed by atoms with van der Waals surface area (Å²) in [5.41, 5.74) is 4.52. The number of benzene rings is 1. The molecule has 4 atom stereocenters. The zero-order chi connectivity index (χ0) is 24.0. The summed E-state index contributed by atoms with van der Waals surface area (Å²) in [7, 11) is -3.75. The highest BCUT2D eigenvalue weighted by Gasteiger charge is 2.36. The molecular formula is C21H28N3O7PS. The van der Waals surface area contributed by atoms with Gasteiger partial charge in [-0.05, 0) is 32.0 Å². The van der Waals surface area contributed by atoms with E-state index < -0.39 is 36.8 Å². The molecule has 2 N–H and O–H groups in total. The first-order valence-corrected chi connectivity index (χ1v) is 13.2. The molecule has 0 amide bonds. The van der Waals surface area contributed by atoms with Crippen LogP contribution in [0.2, 0.25) is 0 Å². The van der Waals surface area contributed by atoms with Crippen molar-refractivity contribution in [2.75, 3.05) is 24.3 Å². The molecule has 1 aliphatic rings. The van der Waals surface area contributed by atoms with Gasteiger partial charge in [-0.3, -0.25) is 13.9 Å². The van der Waals surface area contributed by atoms with Crippen LogP contribution in [0.25, 0.3) is 0 Å². The fourth-order valence-corrected chi connectivity index (χ4v) is 5.96. The van der Waals surface area contributed by atoms with Gasteiger partial charge in [0.05, 0.1) is 24.8 Å². The molecule has 1 aliphatic heterocycles. The van der Waals surface area contributed by atoms with Crippen molar-refractivity contribution in [3.8, 4) is 5.75 Å². The van der Waals surface area contributed by atoms with Crippen LogP contribution in [-0.2, 0) is 23.4 Å². The predicted molar refractivity (Wildman–Crippen MR) is 125 cm³/mol. The number of carbonyl (C=O) groups excluding carboxylic acids is 1. The minimum atomic E-state index is -3.75. The molecule has 1 aromatic carbocycles. The number of nitrogens with two attached hydrogens (primary N) is 1. The molecule has 0 unspecified atom stereocenters. The van der Waals surface area contributed by atoms with Crippen molar-refractivity contribution >= 4 is 31.1 Å². The lowest BCUT2D eigenvalue weighted by Gasteiger charge is -2.23. The lowest BCUT2D eigenvalue weighted by molar-refractivity contribution is -0.151. The highest BCUT2D eigenvalue weighted by atomic mass is 32.2. The SMILES string of the molecule is CC(C)OC(=O)[C@H](C)C[P@@](=O)(OC[C@@H]1O[C@H](n2ccc(N)nc2=O)CS1)Oc1ccccc1. The third-order valence-corrected chi connectivity index (χ3v) is 7.67. The smallest absolute Gasteiger partial charge is 0.380 e. The first kappa shape index (κ1) is 25.3. The first-order valence-electron chi connectivity index (χ1n) is 10.5. The van der Waals surface area contributed by atoms with E-state index in [0.717, 1.165) is 0 Å². The Morgan fingerprint density at radius 2 is 2.03 bits per heavy atom. The molecule has 0 saturated carbocycles. The Bertz CT molecular complexity index is 1050. The molecule has 2 heterocycles. The lowest BCUT2D eigenvalue weighted by Crippen LogP contribution is -2.29. The molecule has 1 fully saturated rings. The number of anilines is 1. The number of para-hydroxylation sites is 1. The van der Waals surface area contributed by atoms with Gasteiger partial charge in [0.15, 0.2) is 0 Å². The molecule has 0 radical (unpaired) electrons. The summed E-state index contributed by atoms with van der Waals surface area (Å²) in [6, 6.07) is 10.1. The van der Waals surface area contributed by atoms with Crippen LogP contribution in [0, 0.1) is 5.92 Å². The van der Waals surface area contributed by atoms with Gasteiger partial charge in [0.25, 0.3) is 0 Å². The summed E-state index contributed by atoms with van der Waals surface area (Å²) < 4.78 is 37.5. The van der Waals surface area contributed by atoms with Gasteiger partial charge in [0, 0.05) is 11.9 Å². The minimum Gasteiger partial charge on any atom is -0.463 e. The molecule has 180 valence electrons. The summed E-state index contributed by atoms with van der Waals surface area (Å²) >= 11 is 1.40. The van der Waals surface area contributed by atoms with Crippen molar-refractivity contribution in [1.82, 2.24) is 9.55 Å². The van der Waals surface area contributed by atoms with E-state index in [0.29, 0.717) is 11.5 Å². The summed E-state index contributed by atoms with van der Waals surface area (Å²) in [5, 5.41) is 0. The van der Waals surface area contributed by atoms with Crippen molar-refractivity contribution < 1.29 is 27.9 Å². The number of aromatic nitrogens is 2. The summed E-state index contributed by atoms with van der Waals surface area (Å²) in [6.45, 7) is 5.04. The second kappa shape index (κ2) is 11.2. The Morgan fingerprint density at radius 3 is 2.70 bits per heavy atom. The monoisotopic (exact) mass is 497 g/mol. The Morgan fingerprint density at radius 1 is 1.30 bits per heavy atom. The molecule has 12 heteroatoms. The summed E-state index contributed by atoms with van der Waals surface area (Å²) in [6.07, 6.45) is 0.514. The fraction of sp³-hybridized carbons (Fsp3) is 0.476. The number of nitrogen functional groups attached to an aromatic ring is 1. The van der Waals surface area contributed by atoms with Crippen LogP contribution in [0.1, 0.15) is 27.0 Å². The number of hydrogen-bond donors (Lipinski definition) is 1. The largest absolute Gasteiger partial charge is 0.463 e. The predicted octanol–water partition coefficient (Wildman–Crippen LogP) is 3.29. The highest BCUT2D eigenvalue weighted by Crippen LogP contribution is 2.51. The van der Waals surface area contributed by atoms with Gasteiger partial charge in [0.2, 0.25) is 0 Å². The Labute approximate surface area is 196 Å². The van der Waals surface area contributed by atoms with Crippen LogP contribution in [0.3, 0.4) is 0 Å². The van der Waals surface area contributed by atoms with E-state index in [1.54, 1.807) is 51.1 Å². The minimum absolute atomic E-state index is 0.0611. The molecule has 3 rings (SSSR count). The van der Waals surface area contributed by atoms with Gasteiger partial charge >= 0.3 is 19.3 Å². The van der Waals surface area contributed by atoms with Gasteiger partial charge < -0.3 is 19.7 Å². The average molecular weight is 498 g/mol. The third kappa shape index (κ3) is 7.33. The number of ether oxygens (including phenoxy) is 2. The van der Waals surface area contributed by atoms with Crippen molar-refractivity contribution in [2.45, 2.75) is 38.5 Å².